The molecule has 0 aromatic carbocycles. The molecule has 2 amide bonds. The number of hydrogen-bond acceptors (Lipinski definition) is 4. The first-order valence-corrected chi connectivity index (χ1v) is 7.13. The predicted octanol–water partition coefficient (Wildman–Crippen LogP) is 0.560. The van der Waals surface area contributed by atoms with Crippen LogP contribution in [0.4, 0.5) is 0 Å². The highest BCUT2D eigenvalue weighted by molar-refractivity contribution is 5.82. The smallest absolute Gasteiger partial charge is 0.307 e. The van der Waals surface area contributed by atoms with Crippen molar-refractivity contribution in [1.29, 1.82) is 0 Å². The van der Waals surface area contributed by atoms with Crippen molar-refractivity contribution in [3.8, 4) is 0 Å². The molecule has 1 saturated carbocycles. The largest absolute Gasteiger partial charge is 0.466 e. The van der Waals surface area contributed by atoms with Crippen molar-refractivity contribution in [2.75, 3.05) is 26.7 Å². The summed E-state index contributed by atoms with van der Waals surface area (Å²) in [5, 5.41) is 2.77. The first-order chi connectivity index (χ1) is 9.45. The number of carbonyl (C=O) groups is 3. The van der Waals surface area contributed by atoms with Gasteiger partial charge in [-0.2, -0.15) is 0 Å². The van der Waals surface area contributed by atoms with Crippen molar-refractivity contribution in [3.63, 3.8) is 0 Å². The fourth-order valence-corrected chi connectivity index (χ4v) is 1.92. The lowest BCUT2D eigenvalue weighted by Gasteiger charge is -2.16. The molecule has 0 spiro atoms. The van der Waals surface area contributed by atoms with E-state index < -0.39 is 0 Å². The second-order valence-corrected chi connectivity index (χ2v) is 5.23. The maximum Gasteiger partial charge on any atom is 0.307 e. The molecule has 1 fully saturated rings. The number of nitrogens with zero attached hydrogens (tertiary/aromatic N) is 1. The number of nitrogens with one attached hydrogen (secondary N) is 1. The van der Waals surface area contributed by atoms with Crippen molar-refractivity contribution in [2.24, 2.45) is 11.8 Å². The summed E-state index contributed by atoms with van der Waals surface area (Å²) in [6.07, 6.45) is 1.40. The van der Waals surface area contributed by atoms with Crippen LogP contribution in [0.15, 0.2) is 0 Å². The Hall–Kier alpha value is -1.59. The molecule has 1 N–H and O–H groups in total. The summed E-state index contributed by atoms with van der Waals surface area (Å²) in [5.74, 6) is 0.255. The lowest BCUT2D eigenvalue weighted by molar-refractivity contribution is -0.143. The molecule has 0 heterocycles. The molecule has 0 aromatic rings. The van der Waals surface area contributed by atoms with Crippen LogP contribution in [-0.4, -0.2) is 49.4 Å². The Morgan fingerprint density at radius 3 is 2.50 bits per heavy atom. The van der Waals surface area contributed by atoms with Crippen LogP contribution in [-0.2, 0) is 19.1 Å². The molecule has 2 unspecified atom stereocenters. The van der Waals surface area contributed by atoms with Crippen LogP contribution in [0.2, 0.25) is 0 Å². The van der Waals surface area contributed by atoms with Crippen molar-refractivity contribution >= 4 is 17.8 Å². The van der Waals surface area contributed by atoms with Gasteiger partial charge in [-0.15, -0.1) is 0 Å². The molecule has 0 bridgehead atoms. The van der Waals surface area contributed by atoms with E-state index in [0.717, 1.165) is 6.42 Å². The van der Waals surface area contributed by atoms with E-state index in [4.69, 9.17) is 4.74 Å². The molecular weight excluding hydrogens is 260 g/mol. The molecule has 1 rings (SSSR count). The summed E-state index contributed by atoms with van der Waals surface area (Å²) in [7, 11) is 1.65. The van der Waals surface area contributed by atoms with Gasteiger partial charge in [-0.05, 0) is 19.3 Å². The van der Waals surface area contributed by atoms with Crippen LogP contribution >= 0.6 is 0 Å². The first kappa shape index (κ1) is 16.5. The molecule has 0 aromatic heterocycles. The zero-order valence-electron chi connectivity index (χ0n) is 12.5. The van der Waals surface area contributed by atoms with Crippen LogP contribution in [0.25, 0.3) is 0 Å². The number of hydrogen-bond donors (Lipinski definition) is 1. The van der Waals surface area contributed by atoms with Gasteiger partial charge in [0, 0.05) is 32.5 Å². The van der Waals surface area contributed by atoms with Gasteiger partial charge in [0.15, 0.2) is 0 Å². The maximum absolute atomic E-state index is 11.8. The van der Waals surface area contributed by atoms with Gasteiger partial charge in [0.1, 0.15) is 0 Å². The van der Waals surface area contributed by atoms with Gasteiger partial charge in [0.25, 0.3) is 0 Å². The van der Waals surface area contributed by atoms with E-state index in [2.05, 4.69) is 5.32 Å². The van der Waals surface area contributed by atoms with Crippen LogP contribution in [0.3, 0.4) is 0 Å². The second-order valence-electron chi connectivity index (χ2n) is 5.23. The Balaban J connectivity index is 2.11. The highest BCUT2D eigenvalue weighted by atomic mass is 16.5. The van der Waals surface area contributed by atoms with E-state index in [9.17, 15) is 14.4 Å². The topological polar surface area (TPSA) is 75.7 Å². The first-order valence-electron chi connectivity index (χ1n) is 7.13. The van der Waals surface area contributed by atoms with E-state index >= 15 is 0 Å². The molecule has 0 radical (unpaired) electrons. The third-order valence-electron chi connectivity index (χ3n) is 3.47. The molecule has 0 aliphatic heterocycles. The number of rotatable bonds is 8. The Labute approximate surface area is 119 Å². The third kappa shape index (κ3) is 5.59. The highest BCUT2D eigenvalue weighted by Gasteiger charge is 2.38. The molecule has 6 nitrogen and oxygen atoms in total. The normalized spacial score (nSPS) is 20.1. The molecule has 6 heteroatoms. The Bertz CT molecular complexity index is 370. The van der Waals surface area contributed by atoms with E-state index in [-0.39, 0.29) is 36.5 Å². The molecule has 20 heavy (non-hydrogen) atoms. The fraction of sp³-hybridized carbons (Fsp3) is 0.786. The van der Waals surface area contributed by atoms with E-state index in [1.807, 2.05) is 6.92 Å². The minimum atomic E-state index is -0.303. The number of ether oxygens (including phenoxy) is 1. The lowest BCUT2D eigenvalue weighted by atomic mass is 10.3. The molecule has 0 saturated heterocycles. The van der Waals surface area contributed by atoms with E-state index in [1.165, 1.54) is 4.90 Å². The van der Waals surface area contributed by atoms with Crippen LogP contribution in [0, 0.1) is 11.8 Å². The fourth-order valence-electron chi connectivity index (χ4n) is 1.92. The van der Waals surface area contributed by atoms with Gasteiger partial charge in [-0.1, -0.05) is 6.92 Å². The SMILES string of the molecule is CCOC(=O)CCN(C)C(=O)CCNC(=O)C1CC1C. The summed E-state index contributed by atoms with van der Waals surface area (Å²) in [5.41, 5.74) is 0. The highest BCUT2D eigenvalue weighted by Crippen LogP contribution is 2.37. The van der Waals surface area contributed by atoms with Gasteiger partial charge in [0.2, 0.25) is 11.8 Å². The number of carbonyl (C=O) groups excluding carboxylic acids is 3. The van der Waals surface area contributed by atoms with E-state index in [0.29, 0.717) is 25.6 Å². The zero-order valence-corrected chi connectivity index (χ0v) is 12.5. The van der Waals surface area contributed by atoms with Crippen molar-refractivity contribution in [1.82, 2.24) is 10.2 Å². The van der Waals surface area contributed by atoms with Gasteiger partial charge in [-0.25, -0.2) is 0 Å². The molecule has 1 aliphatic carbocycles. The monoisotopic (exact) mass is 284 g/mol. The summed E-state index contributed by atoms with van der Waals surface area (Å²) in [4.78, 5) is 36.0. The molecule has 2 atom stereocenters. The number of amides is 2. The lowest BCUT2D eigenvalue weighted by Crippen LogP contribution is -2.34. The number of esters is 1. The standard InChI is InChI=1S/C14H24N2O4/c1-4-20-13(18)6-8-16(3)12(17)5-7-15-14(19)11-9-10(11)2/h10-11H,4-9H2,1-3H3,(H,15,19). The predicted molar refractivity (Wildman–Crippen MR) is 73.8 cm³/mol. The Morgan fingerprint density at radius 1 is 1.30 bits per heavy atom. The van der Waals surface area contributed by atoms with E-state index in [1.54, 1.807) is 14.0 Å². The molecule has 114 valence electrons. The zero-order chi connectivity index (χ0) is 15.1. The van der Waals surface area contributed by atoms with Gasteiger partial charge >= 0.3 is 5.97 Å². The average molecular weight is 284 g/mol. The minimum absolute atomic E-state index is 0.0412. The Morgan fingerprint density at radius 2 is 1.95 bits per heavy atom. The second kappa shape index (κ2) is 7.87. The third-order valence-corrected chi connectivity index (χ3v) is 3.47. The summed E-state index contributed by atoms with van der Waals surface area (Å²) < 4.78 is 4.79. The quantitative estimate of drug-likeness (QED) is 0.661. The Kier molecular flexibility index (Phi) is 6.48. The van der Waals surface area contributed by atoms with Crippen LogP contribution in [0.1, 0.15) is 33.1 Å². The van der Waals surface area contributed by atoms with Crippen molar-refractivity contribution in [3.05, 3.63) is 0 Å². The summed E-state index contributed by atoms with van der Waals surface area (Å²) >= 11 is 0. The average Bonchev–Trinajstić information content (AvgIpc) is 3.13. The van der Waals surface area contributed by atoms with Crippen LogP contribution < -0.4 is 5.32 Å². The van der Waals surface area contributed by atoms with Gasteiger partial charge in [-0.3, -0.25) is 14.4 Å². The summed E-state index contributed by atoms with van der Waals surface area (Å²) in [6, 6.07) is 0. The molecule has 1 aliphatic rings. The maximum atomic E-state index is 11.8. The summed E-state index contributed by atoms with van der Waals surface area (Å²) in [6.45, 7) is 4.83. The van der Waals surface area contributed by atoms with Crippen molar-refractivity contribution in [2.45, 2.75) is 33.1 Å². The van der Waals surface area contributed by atoms with Gasteiger partial charge in [0.05, 0.1) is 13.0 Å². The van der Waals surface area contributed by atoms with Gasteiger partial charge < -0.3 is 15.0 Å². The minimum Gasteiger partial charge on any atom is -0.466 e. The van der Waals surface area contributed by atoms with Crippen molar-refractivity contribution < 1.29 is 19.1 Å². The molecular formula is C14H24N2O4. The van der Waals surface area contributed by atoms with Crippen LogP contribution in [0.5, 0.6) is 0 Å².